The summed E-state index contributed by atoms with van der Waals surface area (Å²) >= 11 is 0. The highest BCUT2D eigenvalue weighted by molar-refractivity contribution is 7.89. The number of β-amino-alcohol motifs (C(OH)–C–C–N with tert-alkyl or cyclic N) is 1. The smallest absolute Gasteiger partial charge is 0.214 e. The molecule has 1 atom stereocenters. The van der Waals surface area contributed by atoms with E-state index in [-0.39, 0.29) is 11.6 Å². The van der Waals surface area contributed by atoms with Crippen molar-refractivity contribution < 1.29 is 13.5 Å². The summed E-state index contributed by atoms with van der Waals surface area (Å²) in [6, 6.07) is 21.2. The molecule has 0 radical (unpaired) electrons. The molecule has 1 fully saturated rings. The molecule has 3 aromatic rings. The van der Waals surface area contributed by atoms with Crippen LogP contribution in [-0.4, -0.2) is 79.7 Å². The van der Waals surface area contributed by atoms with Crippen molar-refractivity contribution in [3.05, 3.63) is 77.9 Å². The van der Waals surface area contributed by atoms with Crippen LogP contribution in [-0.2, 0) is 16.4 Å². The van der Waals surface area contributed by atoms with Gasteiger partial charge in [-0.15, -0.1) is 0 Å². The summed E-state index contributed by atoms with van der Waals surface area (Å²) in [5, 5.41) is 23.3. The first-order valence-corrected chi connectivity index (χ1v) is 13.5. The Labute approximate surface area is 206 Å². The van der Waals surface area contributed by atoms with Gasteiger partial charge < -0.3 is 16.2 Å². The van der Waals surface area contributed by atoms with Crippen molar-refractivity contribution >= 4 is 32.3 Å². The number of rotatable bonds is 10. The fourth-order valence-corrected chi connectivity index (χ4v) is 5.89. The number of fused-ring (bicyclic) bond motifs is 1. The summed E-state index contributed by atoms with van der Waals surface area (Å²) in [7, 11) is -3.35. The molecular formula is C26H33N5O3S. The Morgan fingerprint density at radius 1 is 1.00 bits per heavy atom. The number of nitrogen functional groups attached to an aromatic ring is 1. The number of nitrogens with two attached hydrogens (primary N) is 1. The van der Waals surface area contributed by atoms with E-state index in [0.717, 1.165) is 22.0 Å². The zero-order chi connectivity index (χ0) is 24.8. The van der Waals surface area contributed by atoms with Gasteiger partial charge in [0.25, 0.3) is 0 Å². The third-order valence-corrected chi connectivity index (χ3v) is 8.31. The summed E-state index contributed by atoms with van der Waals surface area (Å²) in [5.74, 6) is 0.113. The monoisotopic (exact) mass is 495 g/mol. The third kappa shape index (κ3) is 6.58. The minimum Gasteiger partial charge on any atom is -0.390 e. The van der Waals surface area contributed by atoms with Crippen molar-refractivity contribution in [3.63, 3.8) is 0 Å². The number of anilines is 1. The van der Waals surface area contributed by atoms with Crippen LogP contribution in [0.15, 0.2) is 66.7 Å². The minimum absolute atomic E-state index is 0.0197. The minimum atomic E-state index is -3.35. The van der Waals surface area contributed by atoms with E-state index < -0.39 is 16.1 Å². The predicted octanol–water partition coefficient (Wildman–Crippen LogP) is 2.09. The fourth-order valence-electron chi connectivity index (χ4n) is 4.43. The van der Waals surface area contributed by atoms with Gasteiger partial charge in [-0.2, -0.15) is 4.31 Å². The second-order valence-corrected chi connectivity index (χ2v) is 11.0. The number of aliphatic hydroxyl groups is 1. The molecule has 1 unspecified atom stereocenters. The van der Waals surface area contributed by atoms with Crippen molar-refractivity contribution in [1.29, 1.82) is 5.41 Å². The SMILES string of the molecule is N=C(N)c1ccc(NCC(O)CN2CCN(S(=O)(=O)CCc3cccc4ccccc34)CC2)cc1. The number of piperazine rings is 1. The lowest BCUT2D eigenvalue weighted by molar-refractivity contribution is 0.0994. The molecular weight excluding hydrogens is 462 g/mol. The maximum Gasteiger partial charge on any atom is 0.214 e. The van der Waals surface area contributed by atoms with Crippen molar-refractivity contribution in [1.82, 2.24) is 9.21 Å². The van der Waals surface area contributed by atoms with Crippen LogP contribution in [0.5, 0.6) is 0 Å². The Kier molecular flexibility index (Phi) is 8.02. The average Bonchev–Trinajstić information content (AvgIpc) is 2.87. The van der Waals surface area contributed by atoms with E-state index >= 15 is 0 Å². The third-order valence-electron chi connectivity index (χ3n) is 6.44. The maximum atomic E-state index is 13.0. The van der Waals surface area contributed by atoms with Crippen LogP contribution in [0.1, 0.15) is 11.1 Å². The quantitative estimate of drug-likeness (QED) is 0.252. The maximum absolute atomic E-state index is 13.0. The van der Waals surface area contributed by atoms with Gasteiger partial charge in [0.05, 0.1) is 11.9 Å². The molecule has 0 amide bonds. The second-order valence-electron chi connectivity index (χ2n) is 8.93. The van der Waals surface area contributed by atoms with E-state index in [0.29, 0.717) is 51.3 Å². The molecule has 5 N–H and O–H groups in total. The van der Waals surface area contributed by atoms with E-state index in [9.17, 15) is 13.5 Å². The molecule has 9 heteroatoms. The van der Waals surface area contributed by atoms with Crippen LogP contribution in [0.4, 0.5) is 5.69 Å². The molecule has 1 aliphatic rings. The molecule has 8 nitrogen and oxygen atoms in total. The molecule has 0 aromatic heterocycles. The van der Waals surface area contributed by atoms with Crippen LogP contribution in [0.25, 0.3) is 10.8 Å². The van der Waals surface area contributed by atoms with E-state index in [1.54, 1.807) is 16.4 Å². The molecule has 35 heavy (non-hydrogen) atoms. The number of nitrogens with zero attached hydrogens (tertiary/aromatic N) is 2. The van der Waals surface area contributed by atoms with Crippen molar-refractivity contribution in [3.8, 4) is 0 Å². The van der Waals surface area contributed by atoms with Gasteiger partial charge in [0.1, 0.15) is 5.84 Å². The molecule has 0 bridgehead atoms. The molecule has 0 spiro atoms. The highest BCUT2D eigenvalue weighted by Crippen LogP contribution is 2.20. The van der Waals surface area contributed by atoms with E-state index in [4.69, 9.17) is 11.1 Å². The number of aliphatic hydroxyl groups excluding tert-OH is 1. The summed E-state index contributed by atoms with van der Waals surface area (Å²) < 4.78 is 27.5. The van der Waals surface area contributed by atoms with Gasteiger partial charge in [0, 0.05) is 50.5 Å². The first kappa shape index (κ1) is 25.1. The highest BCUT2D eigenvalue weighted by atomic mass is 32.2. The van der Waals surface area contributed by atoms with Crippen LogP contribution >= 0.6 is 0 Å². The van der Waals surface area contributed by atoms with E-state index in [2.05, 4.69) is 10.2 Å². The van der Waals surface area contributed by atoms with Crippen LogP contribution in [0.2, 0.25) is 0 Å². The van der Waals surface area contributed by atoms with Crippen molar-refractivity contribution in [2.24, 2.45) is 5.73 Å². The number of sulfonamides is 1. The molecule has 4 rings (SSSR count). The molecule has 0 aliphatic carbocycles. The molecule has 3 aromatic carbocycles. The van der Waals surface area contributed by atoms with Gasteiger partial charge in [-0.05, 0) is 47.0 Å². The molecule has 1 heterocycles. The Morgan fingerprint density at radius 2 is 1.69 bits per heavy atom. The topological polar surface area (TPSA) is 123 Å². The number of hydrogen-bond acceptors (Lipinski definition) is 6. The Balaban J connectivity index is 1.22. The first-order valence-electron chi connectivity index (χ1n) is 11.8. The molecule has 1 saturated heterocycles. The zero-order valence-electron chi connectivity index (χ0n) is 19.7. The zero-order valence-corrected chi connectivity index (χ0v) is 20.5. The van der Waals surface area contributed by atoms with Crippen molar-refractivity contribution in [2.45, 2.75) is 12.5 Å². The lowest BCUT2D eigenvalue weighted by Gasteiger charge is -2.35. The standard InChI is InChI=1S/C26H33N5O3S/c27-26(28)22-8-10-23(11-9-22)29-18-24(32)19-30-13-15-31(16-14-30)35(33,34)17-12-21-6-3-5-20-4-1-2-7-25(20)21/h1-11,24,29,32H,12-19H2,(H3,27,28). The lowest BCUT2D eigenvalue weighted by Crippen LogP contribution is -2.51. The van der Waals surface area contributed by atoms with Crippen molar-refractivity contribution in [2.75, 3.05) is 50.3 Å². The highest BCUT2D eigenvalue weighted by Gasteiger charge is 2.27. The van der Waals surface area contributed by atoms with Gasteiger partial charge in [-0.25, -0.2) is 8.42 Å². The normalized spacial score (nSPS) is 16.3. The summed E-state index contributed by atoms with van der Waals surface area (Å²) in [5.41, 5.74) is 8.02. The second kappa shape index (κ2) is 11.2. The number of amidine groups is 1. The largest absolute Gasteiger partial charge is 0.390 e. The number of aryl methyl sites for hydroxylation is 1. The van der Waals surface area contributed by atoms with E-state index in [1.807, 2.05) is 54.6 Å². The van der Waals surface area contributed by atoms with Gasteiger partial charge in [0.15, 0.2) is 0 Å². The average molecular weight is 496 g/mol. The predicted molar refractivity (Wildman–Crippen MR) is 141 cm³/mol. The summed E-state index contributed by atoms with van der Waals surface area (Å²) in [4.78, 5) is 2.10. The lowest BCUT2D eigenvalue weighted by atomic mass is 10.0. The number of hydrogen-bond donors (Lipinski definition) is 4. The number of benzene rings is 3. The number of nitrogens with one attached hydrogen (secondary N) is 2. The van der Waals surface area contributed by atoms with Gasteiger partial charge in [0.2, 0.25) is 10.0 Å². The Morgan fingerprint density at radius 3 is 2.40 bits per heavy atom. The van der Waals surface area contributed by atoms with Crippen LogP contribution in [0, 0.1) is 5.41 Å². The molecule has 186 valence electrons. The van der Waals surface area contributed by atoms with Crippen LogP contribution < -0.4 is 11.1 Å². The van der Waals surface area contributed by atoms with Gasteiger partial charge in [-0.1, -0.05) is 42.5 Å². The Hall–Kier alpha value is -2.98. The van der Waals surface area contributed by atoms with E-state index in [1.165, 1.54) is 0 Å². The fraction of sp³-hybridized carbons (Fsp3) is 0.346. The molecule has 0 saturated carbocycles. The first-order chi connectivity index (χ1) is 16.8. The Bertz CT molecular complexity index is 1250. The van der Waals surface area contributed by atoms with Gasteiger partial charge in [-0.3, -0.25) is 10.3 Å². The summed E-state index contributed by atoms with van der Waals surface area (Å²) in [6.45, 7) is 2.91. The van der Waals surface area contributed by atoms with Crippen LogP contribution in [0.3, 0.4) is 0 Å². The molecule has 1 aliphatic heterocycles. The summed E-state index contributed by atoms with van der Waals surface area (Å²) in [6.07, 6.45) is -0.0983. The van der Waals surface area contributed by atoms with Gasteiger partial charge >= 0.3 is 0 Å².